The Morgan fingerprint density at radius 3 is 2.45 bits per heavy atom. The molecule has 0 aromatic heterocycles. The van der Waals surface area contributed by atoms with Crippen molar-refractivity contribution in [1.29, 1.82) is 0 Å². The van der Waals surface area contributed by atoms with Crippen LogP contribution in [0.2, 0.25) is 12.1 Å². The van der Waals surface area contributed by atoms with E-state index < -0.39 is 9.04 Å². The van der Waals surface area contributed by atoms with Crippen LogP contribution in [-0.2, 0) is 4.43 Å². The number of hydrogen-bond acceptors (Lipinski definition) is 1. The van der Waals surface area contributed by atoms with Crippen molar-refractivity contribution in [1.82, 2.24) is 0 Å². The summed E-state index contributed by atoms with van der Waals surface area (Å²) in [5.74, 6) is 0. The average molecular weight is 172 g/mol. The van der Waals surface area contributed by atoms with E-state index in [1.54, 1.807) is 0 Å². The van der Waals surface area contributed by atoms with E-state index in [0.717, 1.165) is 12.1 Å². The lowest BCUT2D eigenvalue weighted by Crippen LogP contribution is -2.23. The normalized spacial score (nSPS) is 23.5. The topological polar surface area (TPSA) is 9.23 Å². The maximum absolute atomic E-state index is 5.72. The lowest BCUT2D eigenvalue weighted by atomic mass is 10.0. The maximum Gasteiger partial charge on any atom is 0.176 e. The molecular formula is C9H20OSi. The molecule has 1 aliphatic rings. The predicted octanol–water partition coefficient (Wildman–Crippen LogP) is 2.71. The summed E-state index contributed by atoms with van der Waals surface area (Å²) >= 11 is 0. The Kier molecular flexibility index (Phi) is 4.16. The van der Waals surface area contributed by atoms with Crippen LogP contribution in [0.3, 0.4) is 0 Å². The van der Waals surface area contributed by atoms with E-state index in [1.807, 2.05) is 0 Å². The van der Waals surface area contributed by atoms with Crippen LogP contribution in [0.1, 0.15) is 39.0 Å². The van der Waals surface area contributed by atoms with Gasteiger partial charge in [0.1, 0.15) is 0 Å². The highest BCUT2D eigenvalue weighted by Gasteiger charge is 2.21. The number of rotatable bonds is 3. The highest BCUT2D eigenvalue weighted by molar-refractivity contribution is 6.52. The SMILES string of the molecule is CCO[SiH](C)C1CCCCC1. The summed E-state index contributed by atoms with van der Waals surface area (Å²) in [6, 6.07) is 0. The largest absolute Gasteiger partial charge is 0.420 e. The van der Waals surface area contributed by atoms with E-state index in [4.69, 9.17) is 4.43 Å². The van der Waals surface area contributed by atoms with Gasteiger partial charge in [0.25, 0.3) is 0 Å². The monoisotopic (exact) mass is 172 g/mol. The average Bonchev–Trinajstić information content (AvgIpc) is 2.07. The highest BCUT2D eigenvalue weighted by atomic mass is 28.3. The van der Waals surface area contributed by atoms with Gasteiger partial charge in [-0.2, -0.15) is 0 Å². The molecule has 0 heterocycles. The third-order valence-corrected chi connectivity index (χ3v) is 5.60. The summed E-state index contributed by atoms with van der Waals surface area (Å²) in [6.07, 6.45) is 7.27. The van der Waals surface area contributed by atoms with Crippen LogP contribution < -0.4 is 0 Å². The predicted molar refractivity (Wildman–Crippen MR) is 51.5 cm³/mol. The Morgan fingerprint density at radius 1 is 1.27 bits per heavy atom. The fourth-order valence-electron chi connectivity index (χ4n) is 2.00. The maximum atomic E-state index is 5.72. The summed E-state index contributed by atoms with van der Waals surface area (Å²) < 4.78 is 5.72. The molecule has 0 aromatic rings. The molecule has 0 aliphatic heterocycles. The van der Waals surface area contributed by atoms with Crippen LogP contribution in [0, 0.1) is 0 Å². The van der Waals surface area contributed by atoms with Crippen LogP contribution in [-0.4, -0.2) is 15.6 Å². The summed E-state index contributed by atoms with van der Waals surface area (Å²) in [6.45, 7) is 5.41. The molecule has 1 rings (SSSR count). The molecule has 1 nitrogen and oxygen atoms in total. The first-order valence-electron chi connectivity index (χ1n) is 4.96. The Hall–Kier alpha value is 0.177. The van der Waals surface area contributed by atoms with Gasteiger partial charge in [-0.1, -0.05) is 32.1 Å². The molecule has 0 saturated heterocycles. The van der Waals surface area contributed by atoms with Gasteiger partial charge in [0.15, 0.2) is 9.04 Å². The second-order valence-corrected chi connectivity index (χ2v) is 6.24. The van der Waals surface area contributed by atoms with Crippen LogP contribution in [0.4, 0.5) is 0 Å². The quantitative estimate of drug-likeness (QED) is 0.595. The molecule has 1 fully saturated rings. The van der Waals surface area contributed by atoms with Crippen molar-refractivity contribution in [2.45, 2.75) is 51.1 Å². The zero-order valence-electron chi connectivity index (χ0n) is 7.81. The zero-order chi connectivity index (χ0) is 8.10. The molecule has 0 amide bonds. The van der Waals surface area contributed by atoms with Crippen molar-refractivity contribution >= 4 is 9.04 Å². The van der Waals surface area contributed by atoms with Crippen molar-refractivity contribution in [3.05, 3.63) is 0 Å². The molecule has 0 bridgehead atoms. The van der Waals surface area contributed by atoms with Crippen LogP contribution in [0.15, 0.2) is 0 Å². The third kappa shape index (κ3) is 2.95. The van der Waals surface area contributed by atoms with Gasteiger partial charge in [0.2, 0.25) is 0 Å². The van der Waals surface area contributed by atoms with E-state index >= 15 is 0 Å². The molecule has 1 aliphatic carbocycles. The van der Waals surface area contributed by atoms with Crippen LogP contribution >= 0.6 is 0 Å². The van der Waals surface area contributed by atoms with Gasteiger partial charge >= 0.3 is 0 Å². The van der Waals surface area contributed by atoms with E-state index in [0.29, 0.717) is 0 Å². The van der Waals surface area contributed by atoms with Gasteiger partial charge in [0.05, 0.1) is 0 Å². The molecule has 0 N–H and O–H groups in total. The van der Waals surface area contributed by atoms with Gasteiger partial charge in [-0.25, -0.2) is 0 Å². The smallest absolute Gasteiger partial charge is 0.176 e. The summed E-state index contributed by atoms with van der Waals surface area (Å²) in [7, 11) is -0.784. The van der Waals surface area contributed by atoms with Crippen LogP contribution in [0.5, 0.6) is 0 Å². The van der Waals surface area contributed by atoms with Gasteiger partial charge in [-0.15, -0.1) is 0 Å². The second kappa shape index (κ2) is 4.94. The molecule has 1 unspecified atom stereocenters. The standard InChI is InChI=1S/C9H20OSi/c1-3-10-11(2)9-7-5-4-6-8-9/h9,11H,3-8H2,1-2H3. The van der Waals surface area contributed by atoms with Crippen molar-refractivity contribution in [3.8, 4) is 0 Å². The van der Waals surface area contributed by atoms with Crippen molar-refractivity contribution < 1.29 is 4.43 Å². The van der Waals surface area contributed by atoms with E-state index in [2.05, 4.69) is 13.5 Å². The first-order chi connectivity index (χ1) is 5.34. The lowest BCUT2D eigenvalue weighted by molar-refractivity contribution is 0.324. The van der Waals surface area contributed by atoms with Crippen molar-refractivity contribution in [2.24, 2.45) is 0 Å². The summed E-state index contributed by atoms with van der Waals surface area (Å²) in [5, 5.41) is 0. The fraction of sp³-hybridized carbons (Fsp3) is 1.00. The minimum Gasteiger partial charge on any atom is -0.420 e. The molecule has 2 heteroatoms. The summed E-state index contributed by atoms with van der Waals surface area (Å²) in [5.41, 5.74) is 0.990. The van der Waals surface area contributed by atoms with Gasteiger partial charge < -0.3 is 4.43 Å². The van der Waals surface area contributed by atoms with Crippen molar-refractivity contribution in [3.63, 3.8) is 0 Å². The summed E-state index contributed by atoms with van der Waals surface area (Å²) in [4.78, 5) is 0. The van der Waals surface area contributed by atoms with E-state index in [1.165, 1.54) is 32.1 Å². The number of hydrogen-bond donors (Lipinski definition) is 0. The first-order valence-corrected chi connectivity index (χ1v) is 7.25. The van der Waals surface area contributed by atoms with E-state index in [-0.39, 0.29) is 0 Å². The lowest BCUT2D eigenvalue weighted by Gasteiger charge is -2.25. The Morgan fingerprint density at radius 2 is 1.91 bits per heavy atom. The molecule has 1 saturated carbocycles. The first kappa shape index (κ1) is 9.27. The van der Waals surface area contributed by atoms with Crippen LogP contribution in [0.25, 0.3) is 0 Å². The van der Waals surface area contributed by atoms with Crippen molar-refractivity contribution in [2.75, 3.05) is 6.61 Å². The van der Waals surface area contributed by atoms with Gasteiger partial charge in [-0.3, -0.25) is 0 Å². The Labute approximate surface area is 71.9 Å². The van der Waals surface area contributed by atoms with Gasteiger partial charge in [0, 0.05) is 6.61 Å². The zero-order valence-corrected chi connectivity index (χ0v) is 8.96. The molecular weight excluding hydrogens is 152 g/mol. The Balaban J connectivity index is 2.21. The molecule has 66 valence electrons. The molecule has 0 spiro atoms. The Bertz CT molecular complexity index is 99.7. The highest BCUT2D eigenvalue weighted by Crippen LogP contribution is 2.31. The third-order valence-electron chi connectivity index (χ3n) is 2.74. The molecule has 11 heavy (non-hydrogen) atoms. The fourth-order valence-corrected chi connectivity index (χ4v) is 4.21. The second-order valence-electron chi connectivity index (χ2n) is 3.56. The molecule has 1 atom stereocenters. The minimum absolute atomic E-state index is 0.784. The molecule has 0 radical (unpaired) electrons. The minimum atomic E-state index is -0.784. The van der Waals surface area contributed by atoms with E-state index in [9.17, 15) is 0 Å². The van der Waals surface area contributed by atoms with Gasteiger partial charge in [-0.05, 0) is 19.0 Å². The molecule has 0 aromatic carbocycles.